The number of carbonyl (C=O) groups is 1. The monoisotopic (exact) mass is 342 g/mol. The molecule has 0 bridgehead atoms. The van der Waals surface area contributed by atoms with E-state index in [4.69, 9.17) is 9.47 Å². The van der Waals surface area contributed by atoms with Crippen molar-refractivity contribution in [2.24, 2.45) is 0 Å². The molecule has 1 heterocycles. The summed E-state index contributed by atoms with van der Waals surface area (Å²) in [7, 11) is 0. The Morgan fingerprint density at radius 1 is 1.08 bits per heavy atom. The maximum Gasteiger partial charge on any atom is 0.259 e. The number of hydrogen-bond donors (Lipinski definition) is 0. The van der Waals surface area contributed by atoms with E-state index in [1.807, 2.05) is 58.0 Å². The summed E-state index contributed by atoms with van der Waals surface area (Å²) in [5.74, 6) is 0.403. The molecule has 25 heavy (non-hydrogen) atoms. The zero-order chi connectivity index (χ0) is 18.3. The van der Waals surface area contributed by atoms with Crippen LogP contribution >= 0.6 is 0 Å². The van der Waals surface area contributed by atoms with Crippen molar-refractivity contribution in [1.29, 1.82) is 0 Å². The second-order valence-electron chi connectivity index (χ2n) is 6.58. The van der Waals surface area contributed by atoms with Crippen LogP contribution in [0.25, 0.3) is 0 Å². The number of nitrogens with zero attached hydrogens (tertiary/aromatic N) is 2. The van der Waals surface area contributed by atoms with E-state index in [1.54, 1.807) is 23.2 Å². The van der Waals surface area contributed by atoms with Crippen LogP contribution in [0.3, 0.4) is 0 Å². The van der Waals surface area contributed by atoms with Gasteiger partial charge in [0.25, 0.3) is 5.91 Å². The van der Waals surface area contributed by atoms with Gasteiger partial charge in [-0.1, -0.05) is 18.2 Å². The lowest BCUT2D eigenvalue weighted by Gasteiger charge is -2.21. The molecular weight excluding hydrogens is 316 g/mol. The quantitative estimate of drug-likeness (QED) is 0.715. The summed E-state index contributed by atoms with van der Waals surface area (Å²) >= 11 is 0. The highest BCUT2D eigenvalue weighted by molar-refractivity contribution is 6.05. The first-order valence-electron chi connectivity index (χ1n) is 8.50. The van der Waals surface area contributed by atoms with Gasteiger partial charge in [-0.3, -0.25) is 4.79 Å². The number of amides is 1. The first-order chi connectivity index (χ1) is 11.9. The minimum atomic E-state index is -0.186. The van der Waals surface area contributed by atoms with Gasteiger partial charge in [-0.05, 0) is 45.9 Å². The third kappa shape index (κ3) is 5.87. The molecule has 5 nitrogen and oxygen atoms in total. The number of para-hydroxylation sites is 1. The lowest BCUT2D eigenvalue weighted by molar-refractivity contribution is -0.0168. The molecule has 0 aliphatic carbocycles. The molecule has 0 spiro atoms. The van der Waals surface area contributed by atoms with Crippen molar-refractivity contribution in [1.82, 2.24) is 4.98 Å². The Hall–Kier alpha value is -2.40. The van der Waals surface area contributed by atoms with Crippen LogP contribution in [0.1, 0.15) is 38.1 Å². The van der Waals surface area contributed by atoms with Crippen molar-refractivity contribution in [3.8, 4) is 5.88 Å². The van der Waals surface area contributed by atoms with Gasteiger partial charge in [-0.2, -0.15) is 0 Å². The number of rotatable bonds is 7. The number of pyridine rings is 1. The Kier molecular flexibility index (Phi) is 6.53. The van der Waals surface area contributed by atoms with Crippen molar-refractivity contribution in [3.05, 3.63) is 54.2 Å². The zero-order valence-electron chi connectivity index (χ0n) is 15.4. The number of benzene rings is 1. The third-order valence-electron chi connectivity index (χ3n) is 3.48. The van der Waals surface area contributed by atoms with Crippen molar-refractivity contribution < 1.29 is 14.3 Å². The lowest BCUT2D eigenvalue weighted by atomic mass is 10.2. The van der Waals surface area contributed by atoms with Crippen LogP contribution in [-0.4, -0.2) is 36.3 Å². The van der Waals surface area contributed by atoms with Gasteiger partial charge in [0.1, 0.15) is 6.61 Å². The maximum absolute atomic E-state index is 12.7. The number of hydrogen-bond acceptors (Lipinski definition) is 4. The third-order valence-corrected chi connectivity index (χ3v) is 3.48. The van der Waals surface area contributed by atoms with E-state index in [0.29, 0.717) is 31.2 Å². The minimum Gasteiger partial charge on any atom is -0.475 e. The topological polar surface area (TPSA) is 51.7 Å². The van der Waals surface area contributed by atoms with Crippen molar-refractivity contribution >= 4 is 11.6 Å². The average Bonchev–Trinajstić information content (AvgIpc) is 2.60. The highest BCUT2D eigenvalue weighted by atomic mass is 16.5. The molecule has 2 rings (SSSR count). The van der Waals surface area contributed by atoms with Gasteiger partial charge in [-0.25, -0.2) is 4.98 Å². The summed E-state index contributed by atoms with van der Waals surface area (Å²) in [5.41, 5.74) is 1.22. The fraction of sp³-hybridized carbons (Fsp3) is 0.400. The van der Waals surface area contributed by atoms with Gasteiger partial charge in [-0.15, -0.1) is 0 Å². The Bertz CT molecular complexity index is 664. The van der Waals surface area contributed by atoms with Gasteiger partial charge in [0.15, 0.2) is 0 Å². The van der Waals surface area contributed by atoms with E-state index in [-0.39, 0.29) is 11.5 Å². The lowest BCUT2D eigenvalue weighted by Crippen LogP contribution is -2.30. The number of carbonyl (C=O) groups excluding carboxylic acids is 1. The number of anilines is 1. The van der Waals surface area contributed by atoms with E-state index in [2.05, 4.69) is 4.98 Å². The van der Waals surface area contributed by atoms with Gasteiger partial charge in [0.2, 0.25) is 5.88 Å². The first-order valence-corrected chi connectivity index (χ1v) is 8.50. The van der Waals surface area contributed by atoms with E-state index in [1.165, 1.54) is 0 Å². The van der Waals surface area contributed by atoms with Gasteiger partial charge in [0.05, 0.1) is 17.8 Å². The molecule has 1 amide bonds. The number of aromatic nitrogens is 1. The summed E-state index contributed by atoms with van der Waals surface area (Å²) in [5, 5.41) is 0. The van der Waals surface area contributed by atoms with Crippen LogP contribution in [0, 0.1) is 0 Å². The van der Waals surface area contributed by atoms with Crippen LogP contribution in [-0.2, 0) is 4.74 Å². The predicted molar refractivity (Wildman–Crippen MR) is 99.2 cm³/mol. The Labute approximate surface area is 149 Å². The van der Waals surface area contributed by atoms with E-state index >= 15 is 0 Å². The predicted octanol–water partition coefficient (Wildman–Crippen LogP) is 3.94. The van der Waals surface area contributed by atoms with Gasteiger partial charge in [0, 0.05) is 24.5 Å². The Morgan fingerprint density at radius 2 is 1.80 bits per heavy atom. The summed E-state index contributed by atoms with van der Waals surface area (Å²) < 4.78 is 11.1. The summed E-state index contributed by atoms with van der Waals surface area (Å²) in [6, 6.07) is 13.0. The molecule has 1 aromatic heterocycles. The van der Waals surface area contributed by atoms with E-state index in [9.17, 15) is 4.79 Å². The molecule has 0 aliphatic rings. The van der Waals surface area contributed by atoms with Crippen molar-refractivity contribution in [2.75, 3.05) is 24.7 Å². The fourth-order valence-electron chi connectivity index (χ4n) is 2.29. The summed E-state index contributed by atoms with van der Waals surface area (Å²) in [6.45, 7) is 9.44. The van der Waals surface area contributed by atoms with E-state index in [0.717, 1.165) is 5.69 Å². The van der Waals surface area contributed by atoms with Crippen LogP contribution in [0.15, 0.2) is 48.7 Å². The van der Waals surface area contributed by atoms with Gasteiger partial charge >= 0.3 is 0 Å². The second-order valence-corrected chi connectivity index (χ2v) is 6.58. The second kappa shape index (κ2) is 8.62. The molecule has 1 aromatic carbocycles. The Balaban J connectivity index is 1.95. The smallest absolute Gasteiger partial charge is 0.259 e. The number of ether oxygens (including phenoxy) is 2. The molecule has 5 heteroatoms. The normalized spacial score (nSPS) is 11.2. The first kappa shape index (κ1) is 18.9. The molecule has 0 N–H and O–H groups in total. The van der Waals surface area contributed by atoms with Crippen LogP contribution in [0.4, 0.5) is 5.69 Å². The maximum atomic E-state index is 12.7. The fourth-order valence-corrected chi connectivity index (χ4v) is 2.29. The molecule has 0 unspecified atom stereocenters. The molecule has 0 radical (unpaired) electrons. The molecule has 0 fully saturated rings. The SMILES string of the molecule is CCN(C(=O)c1ccc(OCCOC(C)(C)C)nc1)c1ccccc1. The molecule has 0 saturated carbocycles. The molecule has 0 saturated heterocycles. The standard InChI is InChI=1S/C20H26N2O3/c1-5-22(17-9-7-6-8-10-17)19(23)16-11-12-18(21-15-16)24-13-14-25-20(2,3)4/h6-12,15H,5,13-14H2,1-4H3. The highest BCUT2D eigenvalue weighted by Crippen LogP contribution is 2.17. The Morgan fingerprint density at radius 3 is 2.36 bits per heavy atom. The van der Waals surface area contributed by atoms with Crippen molar-refractivity contribution in [3.63, 3.8) is 0 Å². The van der Waals surface area contributed by atoms with E-state index < -0.39 is 0 Å². The average molecular weight is 342 g/mol. The van der Waals surface area contributed by atoms with Crippen LogP contribution in [0.2, 0.25) is 0 Å². The molecule has 0 atom stereocenters. The largest absolute Gasteiger partial charge is 0.475 e. The van der Waals surface area contributed by atoms with Crippen LogP contribution < -0.4 is 9.64 Å². The zero-order valence-corrected chi connectivity index (χ0v) is 15.4. The molecule has 0 aliphatic heterocycles. The molecule has 134 valence electrons. The summed E-state index contributed by atoms with van der Waals surface area (Å²) in [4.78, 5) is 18.6. The molecular formula is C20H26N2O3. The van der Waals surface area contributed by atoms with Crippen molar-refractivity contribution in [2.45, 2.75) is 33.3 Å². The minimum absolute atomic E-state index is 0.0798. The molecule has 2 aromatic rings. The highest BCUT2D eigenvalue weighted by Gasteiger charge is 2.16. The summed E-state index contributed by atoms with van der Waals surface area (Å²) in [6.07, 6.45) is 1.55. The van der Waals surface area contributed by atoms with Gasteiger partial charge < -0.3 is 14.4 Å². The van der Waals surface area contributed by atoms with Crippen LogP contribution in [0.5, 0.6) is 5.88 Å².